The highest BCUT2D eigenvalue weighted by Crippen LogP contribution is 2.40. The van der Waals surface area contributed by atoms with Gasteiger partial charge >= 0.3 is 11.9 Å². The first-order valence-electron chi connectivity index (χ1n) is 28.4. The van der Waals surface area contributed by atoms with E-state index in [1.165, 1.54) is 115 Å². The van der Waals surface area contributed by atoms with Gasteiger partial charge in [0, 0.05) is 12.2 Å². The van der Waals surface area contributed by atoms with Crippen LogP contribution in [-0.2, 0) is 19.1 Å². The Morgan fingerprint density at radius 2 is 0.773 bits per heavy atom. The Morgan fingerprint density at radius 3 is 1.17 bits per heavy atom. The number of benzene rings is 5. The van der Waals surface area contributed by atoms with Gasteiger partial charge in [-0.3, -0.25) is 0 Å². The molecule has 0 aliphatic heterocycles. The summed E-state index contributed by atoms with van der Waals surface area (Å²) >= 11 is 0. The third kappa shape index (κ3) is 19.4. The van der Waals surface area contributed by atoms with Crippen LogP contribution in [0.5, 0.6) is 23.0 Å². The molecular formula is C67H84O8. The topological polar surface area (TPSA) is 89.5 Å². The molecule has 2 fully saturated rings. The van der Waals surface area contributed by atoms with E-state index in [2.05, 4.69) is 135 Å². The zero-order valence-corrected chi connectivity index (χ0v) is 45.0. The normalized spacial score (nSPS) is 17.3. The molecule has 75 heavy (non-hydrogen) atoms. The number of carbonyl (C=O) groups is 2. The number of carbonyl (C=O) groups excluding carboxylic acids is 2. The van der Waals surface area contributed by atoms with Crippen LogP contribution in [0.2, 0.25) is 0 Å². The fraction of sp³-hybridized carbons (Fsp3) is 0.463. The second-order valence-electron chi connectivity index (χ2n) is 20.9. The van der Waals surface area contributed by atoms with E-state index in [1.807, 2.05) is 0 Å². The van der Waals surface area contributed by atoms with E-state index in [4.69, 9.17) is 28.4 Å². The number of hydrogen-bond acceptors (Lipinski definition) is 8. The van der Waals surface area contributed by atoms with Gasteiger partial charge < -0.3 is 28.4 Å². The van der Waals surface area contributed by atoms with Gasteiger partial charge in [-0.05, 0) is 234 Å². The molecule has 7 rings (SSSR count). The minimum Gasteiger partial charge on any atom is -0.494 e. The second-order valence-corrected chi connectivity index (χ2v) is 20.9. The van der Waals surface area contributed by atoms with Crippen molar-refractivity contribution in [3.63, 3.8) is 0 Å². The predicted octanol–water partition coefficient (Wildman–Crippen LogP) is 16.9. The summed E-state index contributed by atoms with van der Waals surface area (Å²) < 4.78 is 34.8. The molecular weight excluding hydrogens is 933 g/mol. The first-order chi connectivity index (χ1) is 36.8. The van der Waals surface area contributed by atoms with Crippen molar-refractivity contribution in [1.82, 2.24) is 0 Å². The lowest BCUT2D eigenvalue weighted by atomic mass is 9.77. The molecule has 0 radical (unpaired) electrons. The quantitative estimate of drug-likeness (QED) is 0.0239. The van der Waals surface area contributed by atoms with Gasteiger partial charge in [0.15, 0.2) is 11.5 Å². The maximum Gasteiger partial charge on any atom is 0.330 e. The third-order valence-electron chi connectivity index (χ3n) is 15.4. The standard InChI is InChI=1S/C67H84O8/c1-4-66(68)74-46-12-8-6-10-44-70-62-39-35-60(36-40-62)58-31-27-56(28-32-58)54-23-19-52(20-24-54)16-14-48-72-64-43-18-51(3)50-65(64)73-49-15-17-53-21-25-55(26-22-53)57-29-33-59(34-30-57)61-37-41-63(42-38-61)71-45-11-7-9-13-47-75-67(69)5-2/h4-5,18,27-43,50,52-55H,1-2,6-17,19-26,44-49H2,3H3/t52-,53-,54-,55-. The largest absolute Gasteiger partial charge is 0.494 e. The van der Waals surface area contributed by atoms with Gasteiger partial charge in [0.25, 0.3) is 0 Å². The Kier molecular flexibility index (Phi) is 23.8. The Morgan fingerprint density at radius 1 is 0.413 bits per heavy atom. The van der Waals surface area contributed by atoms with Gasteiger partial charge in [0.2, 0.25) is 0 Å². The minimum atomic E-state index is -0.355. The Bertz CT molecular complexity index is 2440. The molecule has 5 aromatic rings. The van der Waals surface area contributed by atoms with E-state index in [0.717, 1.165) is 112 Å². The van der Waals surface area contributed by atoms with Crippen molar-refractivity contribution in [2.45, 2.75) is 147 Å². The van der Waals surface area contributed by atoms with Crippen molar-refractivity contribution in [2.24, 2.45) is 11.8 Å². The van der Waals surface area contributed by atoms with Crippen LogP contribution >= 0.6 is 0 Å². The smallest absolute Gasteiger partial charge is 0.330 e. The first kappa shape index (κ1) is 56.4. The monoisotopic (exact) mass is 1020 g/mol. The zero-order chi connectivity index (χ0) is 52.3. The van der Waals surface area contributed by atoms with Gasteiger partial charge in [0.1, 0.15) is 11.5 Å². The summed E-state index contributed by atoms with van der Waals surface area (Å²) in [5.41, 5.74) is 9.01. The van der Waals surface area contributed by atoms with Crippen molar-refractivity contribution >= 4 is 11.9 Å². The lowest BCUT2D eigenvalue weighted by molar-refractivity contribution is -0.138. The molecule has 0 saturated heterocycles. The molecule has 0 N–H and O–H groups in total. The van der Waals surface area contributed by atoms with Crippen LogP contribution in [0.15, 0.2) is 141 Å². The Hall–Kier alpha value is -6.28. The SMILES string of the molecule is C=CC(=O)OCCCCCCOc1ccc(-c2ccc([C@H]3CC[C@H](CCCOc4ccc(C)cc4OCCC[C@H]4CC[C@H](c5ccc(-c6ccc(OCCCCCCOC(=O)C=C)cc6)cc5)CC4)CC3)cc2)cc1. The van der Waals surface area contributed by atoms with Gasteiger partial charge in [-0.25, -0.2) is 9.59 Å². The molecule has 0 aromatic heterocycles. The molecule has 2 aliphatic carbocycles. The molecule has 0 bridgehead atoms. The van der Waals surface area contributed by atoms with Crippen molar-refractivity contribution < 1.29 is 38.0 Å². The number of unbranched alkanes of at least 4 members (excludes halogenated alkanes) is 6. The van der Waals surface area contributed by atoms with E-state index in [9.17, 15) is 9.59 Å². The van der Waals surface area contributed by atoms with E-state index in [-0.39, 0.29) is 11.9 Å². The van der Waals surface area contributed by atoms with Crippen LogP contribution in [0.4, 0.5) is 0 Å². The molecule has 0 unspecified atom stereocenters. The third-order valence-corrected chi connectivity index (χ3v) is 15.4. The van der Waals surface area contributed by atoms with Crippen LogP contribution in [0, 0.1) is 18.8 Å². The van der Waals surface area contributed by atoms with E-state index < -0.39 is 0 Å². The van der Waals surface area contributed by atoms with Crippen molar-refractivity contribution in [1.29, 1.82) is 0 Å². The zero-order valence-electron chi connectivity index (χ0n) is 45.0. The van der Waals surface area contributed by atoms with Gasteiger partial charge in [-0.1, -0.05) is 92.0 Å². The van der Waals surface area contributed by atoms with Crippen molar-refractivity contribution in [2.75, 3.05) is 39.6 Å². The molecule has 400 valence electrons. The summed E-state index contributed by atoms with van der Waals surface area (Å²) in [6.07, 6.45) is 24.9. The minimum absolute atomic E-state index is 0.355. The molecule has 0 atom stereocenters. The number of ether oxygens (including phenoxy) is 6. The van der Waals surface area contributed by atoms with Crippen molar-refractivity contribution in [3.05, 3.63) is 157 Å². The van der Waals surface area contributed by atoms with E-state index >= 15 is 0 Å². The molecule has 2 aliphatic rings. The number of esters is 2. The fourth-order valence-corrected chi connectivity index (χ4v) is 10.9. The summed E-state index contributed by atoms with van der Waals surface area (Å²) in [7, 11) is 0. The van der Waals surface area contributed by atoms with Crippen LogP contribution in [0.3, 0.4) is 0 Å². The molecule has 0 amide bonds. The summed E-state index contributed by atoms with van der Waals surface area (Å²) in [5, 5.41) is 0. The summed E-state index contributed by atoms with van der Waals surface area (Å²) in [6, 6.07) is 41.7. The molecule has 0 heterocycles. The van der Waals surface area contributed by atoms with Crippen LogP contribution in [0.25, 0.3) is 22.3 Å². The molecule has 8 nitrogen and oxygen atoms in total. The van der Waals surface area contributed by atoms with Crippen LogP contribution in [-0.4, -0.2) is 51.6 Å². The lowest BCUT2D eigenvalue weighted by Gasteiger charge is -2.29. The van der Waals surface area contributed by atoms with Crippen LogP contribution in [0.1, 0.15) is 157 Å². The van der Waals surface area contributed by atoms with Gasteiger partial charge in [-0.2, -0.15) is 0 Å². The van der Waals surface area contributed by atoms with Gasteiger partial charge in [-0.15, -0.1) is 0 Å². The van der Waals surface area contributed by atoms with Gasteiger partial charge in [0.05, 0.1) is 39.6 Å². The predicted molar refractivity (Wildman–Crippen MR) is 304 cm³/mol. The molecule has 5 aromatic carbocycles. The Balaban J connectivity index is 0.722. The number of rotatable bonds is 32. The summed E-state index contributed by atoms with van der Waals surface area (Å²) in [6.45, 7) is 12.7. The summed E-state index contributed by atoms with van der Waals surface area (Å²) in [5.74, 6) is 5.65. The average molecular weight is 1020 g/mol. The number of aryl methyl sites for hydroxylation is 1. The van der Waals surface area contributed by atoms with E-state index in [0.29, 0.717) is 38.3 Å². The lowest BCUT2D eigenvalue weighted by Crippen LogP contribution is -2.14. The highest BCUT2D eigenvalue weighted by molar-refractivity contribution is 5.81. The molecule has 2 saturated carbocycles. The number of hydrogen-bond donors (Lipinski definition) is 0. The maximum atomic E-state index is 11.1. The first-order valence-corrected chi connectivity index (χ1v) is 28.4. The average Bonchev–Trinajstić information content (AvgIpc) is 3.45. The Labute approximate surface area is 449 Å². The second kappa shape index (κ2) is 31.6. The van der Waals surface area contributed by atoms with Crippen molar-refractivity contribution in [3.8, 4) is 45.3 Å². The molecule has 0 spiro atoms. The van der Waals surface area contributed by atoms with Crippen LogP contribution < -0.4 is 18.9 Å². The maximum absolute atomic E-state index is 11.1. The molecule has 8 heteroatoms. The highest BCUT2D eigenvalue weighted by atomic mass is 16.5. The summed E-state index contributed by atoms with van der Waals surface area (Å²) in [4.78, 5) is 22.3. The fourth-order valence-electron chi connectivity index (χ4n) is 10.9. The highest BCUT2D eigenvalue weighted by Gasteiger charge is 2.24. The van der Waals surface area contributed by atoms with E-state index in [1.54, 1.807) is 0 Å².